The van der Waals surface area contributed by atoms with Crippen LogP contribution in [0.5, 0.6) is 5.75 Å². The van der Waals surface area contributed by atoms with Gasteiger partial charge in [-0.15, -0.1) is 0 Å². The molecule has 5 nitrogen and oxygen atoms in total. The van der Waals surface area contributed by atoms with Gasteiger partial charge in [-0.3, -0.25) is 9.59 Å². The average molecular weight is 437 g/mol. The molecule has 0 fully saturated rings. The van der Waals surface area contributed by atoms with E-state index < -0.39 is 6.04 Å². The summed E-state index contributed by atoms with van der Waals surface area (Å²) in [6, 6.07) is 13.4. The SMILES string of the molecule is CC[C@@H](C)NC(=O)[C@H](C)N(Cc1ccccc1Cl)C(=O)COc1cccc(Cl)c1. The minimum Gasteiger partial charge on any atom is -0.484 e. The Hall–Kier alpha value is -2.24. The number of ether oxygens (including phenoxy) is 1. The summed E-state index contributed by atoms with van der Waals surface area (Å²) in [7, 11) is 0. The Balaban J connectivity index is 2.17. The van der Waals surface area contributed by atoms with Crippen LogP contribution in [0.1, 0.15) is 32.8 Å². The van der Waals surface area contributed by atoms with E-state index in [1.807, 2.05) is 32.0 Å². The highest BCUT2D eigenvalue weighted by atomic mass is 35.5. The van der Waals surface area contributed by atoms with E-state index in [2.05, 4.69) is 5.32 Å². The summed E-state index contributed by atoms with van der Waals surface area (Å²) in [6.45, 7) is 5.60. The van der Waals surface area contributed by atoms with Crippen molar-refractivity contribution in [3.63, 3.8) is 0 Å². The van der Waals surface area contributed by atoms with Gasteiger partial charge in [0.15, 0.2) is 6.61 Å². The number of carbonyl (C=O) groups excluding carboxylic acids is 2. The van der Waals surface area contributed by atoms with Crippen LogP contribution in [0.2, 0.25) is 10.0 Å². The van der Waals surface area contributed by atoms with Crippen LogP contribution in [0.4, 0.5) is 0 Å². The maximum Gasteiger partial charge on any atom is 0.261 e. The molecule has 0 aliphatic rings. The lowest BCUT2D eigenvalue weighted by molar-refractivity contribution is -0.142. The molecule has 7 heteroatoms. The first-order valence-electron chi connectivity index (χ1n) is 9.53. The monoisotopic (exact) mass is 436 g/mol. The second kappa shape index (κ2) is 11.1. The lowest BCUT2D eigenvalue weighted by atomic mass is 10.1. The number of carbonyl (C=O) groups is 2. The van der Waals surface area contributed by atoms with Crippen LogP contribution >= 0.6 is 23.2 Å². The van der Waals surface area contributed by atoms with Gasteiger partial charge in [-0.1, -0.05) is 54.4 Å². The molecule has 0 radical (unpaired) electrons. The van der Waals surface area contributed by atoms with Crippen LogP contribution in [-0.4, -0.2) is 35.4 Å². The Morgan fingerprint density at radius 3 is 2.48 bits per heavy atom. The highest BCUT2D eigenvalue weighted by Gasteiger charge is 2.27. The Kier molecular flexibility index (Phi) is 8.80. The third kappa shape index (κ3) is 6.94. The molecule has 0 saturated heterocycles. The van der Waals surface area contributed by atoms with E-state index in [9.17, 15) is 9.59 Å². The molecule has 2 amide bonds. The zero-order chi connectivity index (χ0) is 21.4. The van der Waals surface area contributed by atoms with Crippen molar-refractivity contribution >= 4 is 35.0 Å². The highest BCUT2D eigenvalue weighted by Crippen LogP contribution is 2.20. The minimum atomic E-state index is -0.685. The van der Waals surface area contributed by atoms with Crippen molar-refractivity contribution in [3.05, 3.63) is 64.1 Å². The topological polar surface area (TPSA) is 58.6 Å². The predicted molar refractivity (Wildman–Crippen MR) is 116 cm³/mol. The number of nitrogens with one attached hydrogen (secondary N) is 1. The number of benzene rings is 2. The molecule has 29 heavy (non-hydrogen) atoms. The van der Waals surface area contributed by atoms with Crippen LogP contribution < -0.4 is 10.1 Å². The first-order valence-corrected chi connectivity index (χ1v) is 10.3. The van der Waals surface area contributed by atoms with E-state index in [-0.39, 0.29) is 31.0 Å². The molecule has 2 aromatic rings. The van der Waals surface area contributed by atoms with Crippen molar-refractivity contribution in [1.29, 1.82) is 0 Å². The molecule has 2 rings (SSSR count). The van der Waals surface area contributed by atoms with Gasteiger partial charge in [0.1, 0.15) is 11.8 Å². The molecule has 0 aliphatic heterocycles. The Morgan fingerprint density at radius 1 is 1.10 bits per heavy atom. The first kappa shape index (κ1) is 23.0. The van der Waals surface area contributed by atoms with E-state index >= 15 is 0 Å². The molecule has 0 heterocycles. The van der Waals surface area contributed by atoms with Crippen LogP contribution in [-0.2, 0) is 16.1 Å². The largest absolute Gasteiger partial charge is 0.484 e. The van der Waals surface area contributed by atoms with Gasteiger partial charge in [-0.2, -0.15) is 0 Å². The second-order valence-electron chi connectivity index (χ2n) is 6.85. The van der Waals surface area contributed by atoms with Crippen molar-refractivity contribution in [3.8, 4) is 5.75 Å². The third-order valence-corrected chi connectivity index (χ3v) is 5.23. The number of rotatable bonds is 9. The number of amides is 2. The van der Waals surface area contributed by atoms with Crippen molar-refractivity contribution in [2.75, 3.05) is 6.61 Å². The third-order valence-electron chi connectivity index (χ3n) is 4.63. The Labute approximate surface area is 181 Å². The quantitative estimate of drug-likeness (QED) is 0.619. The molecule has 0 bridgehead atoms. The number of nitrogens with zero attached hydrogens (tertiary/aromatic N) is 1. The smallest absolute Gasteiger partial charge is 0.261 e. The summed E-state index contributed by atoms with van der Waals surface area (Å²) in [5, 5.41) is 3.98. The molecule has 0 unspecified atom stereocenters. The summed E-state index contributed by atoms with van der Waals surface area (Å²) in [5.74, 6) is -0.0561. The van der Waals surface area contributed by atoms with Gasteiger partial charge in [0.25, 0.3) is 5.91 Å². The van der Waals surface area contributed by atoms with Gasteiger partial charge in [-0.25, -0.2) is 0 Å². The molecule has 0 spiro atoms. The normalized spacial score (nSPS) is 12.7. The van der Waals surface area contributed by atoms with Crippen LogP contribution in [0.15, 0.2) is 48.5 Å². The highest BCUT2D eigenvalue weighted by molar-refractivity contribution is 6.31. The number of hydrogen-bond donors (Lipinski definition) is 1. The Bertz CT molecular complexity index is 844. The molecule has 2 atom stereocenters. The van der Waals surface area contributed by atoms with E-state index in [1.54, 1.807) is 37.3 Å². The van der Waals surface area contributed by atoms with Crippen molar-refractivity contribution in [1.82, 2.24) is 10.2 Å². The van der Waals surface area contributed by atoms with Crippen LogP contribution in [0.3, 0.4) is 0 Å². The van der Waals surface area contributed by atoms with Gasteiger partial charge in [0, 0.05) is 22.6 Å². The number of hydrogen-bond acceptors (Lipinski definition) is 3. The summed E-state index contributed by atoms with van der Waals surface area (Å²) in [4.78, 5) is 27.1. The fourth-order valence-electron chi connectivity index (χ4n) is 2.64. The van der Waals surface area contributed by atoms with Crippen molar-refractivity contribution in [2.24, 2.45) is 0 Å². The Morgan fingerprint density at radius 2 is 1.83 bits per heavy atom. The zero-order valence-corrected chi connectivity index (χ0v) is 18.3. The fourth-order valence-corrected chi connectivity index (χ4v) is 3.02. The maximum absolute atomic E-state index is 13.0. The van der Waals surface area contributed by atoms with Gasteiger partial charge < -0.3 is 15.0 Å². The molecule has 0 aliphatic carbocycles. The number of halogens is 2. The van der Waals surface area contributed by atoms with Crippen molar-refractivity contribution < 1.29 is 14.3 Å². The average Bonchev–Trinajstić information content (AvgIpc) is 2.70. The van der Waals surface area contributed by atoms with E-state index in [0.717, 1.165) is 12.0 Å². The second-order valence-corrected chi connectivity index (χ2v) is 7.70. The van der Waals surface area contributed by atoms with Gasteiger partial charge in [0.2, 0.25) is 5.91 Å². The standard InChI is InChI=1S/C22H26Cl2N2O3/c1-4-15(2)25-22(28)16(3)26(13-17-8-5-6-11-20(17)24)21(27)14-29-19-10-7-9-18(23)12-19/h5-12,15-16H,4,13-14H2,1-3H3,(H,25,28)/t15-,16+/m1/s1. The summed E-state index contributed by atoms with van der Waals surface area (Å²) in [5.41, 5.74) is 0.758. The lowest BCUT2D eigenvalue weighted by Gasteiger charge is -2.30. The van der Waals surface area contributed by atoms with Gasteiger partial charge >= 0.3 is 0 Å². The molecule has 0 saturated carbocycles. The summed E-state index contributed by atoms with van der Waals surface area (Å²) < 4.78 is 5.59. The zero-order valence-electron chi connectivity index (χ0n) is 16.8. The minimum absolute atomic E-state index is 0.0184. The van der Waals surface area contributed by atoms with Crippen molar-refractivity contribution in [2.45, 2.75) is 45.8 Å². The first-order chi connectivity index (χ1) is 13.8. The van der Waals surface area contributed by atoms with Crippen LogP contribution in [0.25, 0.3) is 0 Å². The molecular formula is C22H26Cl2N2O3. The summed E-state index contributed by atoms with van der Waals surface area (Å²) >= 11 is 12.2. The molecule has 1 N–H and O–H groups in total. The molecule has 0 aromatic heterocycles. The maximum atomic E-state index is 13.0. The van der Waals surface area contributed by atoms with E-state index in [0.29, 0.717) is 15.8 Å². The predicted octanol–water partition coefficient (Wildman–Crippen LogP) is 4.70. The fraction of sp³-hybridized carbons (Fsp3) is 0.364. The molecule has 2 aromatic carbocycles. The van der Waals surface area contributed by atoms with Gasteiger partial charge in [0.05, 0.1) is 0 Å². The summed E-state index contributed by atoms with van der Waals surface area (Å²) in [6.07, 6.45) is 0.800. The van der Waals surface area contributed by atoms with Gasteiger partial charge in [-0.05, 0) is 50.1 Å². The lowest BCUT2D eigenvalue weighted by Crippen LogP contribution is -2.50. The van der Waals surface area contributed by atoms with E-state index in [4.69, 9.17) is 27.9 Å². The van der Waals surface area contributed by atoms with Crippen LogP contribution in [0, 0.1) is 0 Å². The molecule has 156 valence electrons. The van der Waals surface area contributed by atoms with E-state index in [1.165, 1.54) is 4.90 Å². The molecular weight excluding hydrogens is 411 g/mol.